The number of rotatable bonds is 3. The molecule has 0 amide bonds. The summed E-state index contributed by atoms with van der Waals surface area (Å²) in [6.07, 6.45) is 0.304. The van der Waals surface area contributed by atoms with Gasteiger partial charge in [-0.05, 0) is 45.8 Å². The van der Waals surface area contributed by atoms with E-state index in [-0.39, 0.29) is 11.5 Å². The highest BCUT2D eigenvalue weighted by Crippen LogP contribution is 2.23. The molecule has 4 nitrogen and oxygen atoms in total. The smallest absolute Gasteiger partial charge is 0.306 e. The highest BCUT2D eigenvalue weighted by molar-refractivity contribution is 9.10. The van der Waals surface area contributed by atoms with Crippen LogP contribution >= 0.6 is 31.9 Å². The van der Waals surface area contributed by atoms with Crippen LogP contribution in [0.5, 0.6) is 0 Å². The highest BCUT2D eigenvalue weighted by Gasteiger charge is 2.13. The van der Waals surface area contributed by atoms with E-state index in [1.807, 2.05) is 24.3 Å². The third-order valence-electron chi connectivity index (χ3n) is 3.16. The number of aromatic nitrogens is 2. The Labute approximate surface area is 136 Å². The summed E-state index contributed by atoms with van der Waals surface area (Å²) in [6.45, 7) is 0. The maximum absolute atomic E-state index is 12.4. The molecular weight excluding hydrogens is 400 g/mol. The number of Topliss-reactive ketones (excluding diaryl/α,β-unsaturated/α-hetero) is 1. The van der Waals surface area contributed by atoms with Gasteiger partial charge in [0.1, 0.15) is 0 Å². The maximum atomic E-state index is 12.4. The van der Waals surface area contributed by atoms with Crippen molar-refractivity contribution < 1.29 is 4.79 Å². The fourth-order valence-electron chi connectivity index (χ4n) is 2.20. The zero-order chi connectivity index (χ0) is 15.0. The summed E-state index contributed by atoms with van der Waals surface area (Å²) in [5, 5.41) is 0. The van der Waals surface area contributed by atoms with E-state index < -0.39 is 0 Å². The van der Waals surface area contributed by atoms with E-state index in [1.165, 1.54) is 0 Å². The molecule has 1 aromatic heterocycles. The molecule has 3 aromatic rings. The Morgan fingerprint density at radius 1 is 1.05 bits per heavy atom. The highest BCUT2D eigenvalue weighted by atomic mass is 79.9. The van der Waals surface area contributed by atoms with E-state index in [2.05, 4.69) is 41.8 Å². The van der Waals surface area contributed by atoms with Gasteiger partial charge in [-0.25, -0.2) is 4.79 Å². The maximum Gasteiger partial charge on any atom is 0.323 e. The van der Waals surface area contributed by atoms with Crippen LogP contribution in [0.15, 0.2) is 50.1 Å². The van der Waals surface area contributed by atoms with E-state index in [0.717, 1.165) is 10.0 Å². The Morgan fingerprint density at radius 2 is 1.76 bits per heavy atom. The van der Waals surface area contributed by atoms with Crippen molar-refractivity contribution in [1.82, 2.24) is 9.97 Å². The first kappa shape index (κ1) is 14.3. The first-order valence-corrected chi connectivity index (χ1v) is 7.81. The molecule has 6 heteroatoms. The SMILES string of the molecule is O=C(Cc1cccc(Br)c1)c1cc2[nH]c(=O)[nH]c2cc1Br. The molecule has 3 rings (SSSR count). The normalized spacial score (nSPS) is 11.0. The Morgan fingerprint density at radius 3 is 2.48 bits per heavy atom. The van der Waals surface area contributed by atoms with Crippen molar-refractivity contribution in [1.29, 1.82) is 0 Å². The van der Waals surface area contributed by atoms with Crippen LogP contribution in [0, 0.1) is 0 Å². The summed E-state index contributed by atoms with van der Waals surface area (Å²) >= 11 is 6.78. The number of aromatic amines is 2. The summed E-state index contributed by atoms with van der Waals surface area (Å²) in [7, 11) is 0. The summed E-state index contributed by atoms with van der Waals surface area (Å²) in [6, 6.07) is 11.1. The monoisotopic (exact) mass is 408 g/mol. The molecule has 0 aliphatic rings. The van der Waals surface area contributed by atoms with Gasteiger partial charge in [0.05, 0.1) is 11.0 Å². The summed E-state index contributed by atoms with van der Waals surface area (Å²) in [4.78, 5) is 29.1. The van der Waals surface area contributed by atoms with Gasteiger partial charge < -0.3 is 9.97 Å². The molecule has 106 valence electrons. The lowest BCUT2D eigenvalue weighted by molar-refractivity contribution is 0.0992. The lowest BCUT2D eigenvalue weighted by Crippen LogP contribution is -2.04. The van der Waals surface area contributed by atoms with Gasteiger partial charge in [-0.15, -0.1) is 0 Å². The van der Waals surface area contributed by atoms with Gasteiger partial charge in [-0.1, -0.05) is 28.1 Å². The van der Waals surface area contributed by atoms with Crippen LogP contribution in [0.3, 0.4) is 0 Å². The first-order valence-electron chi connectivity index (χ1n) is 6.22. The Kier molecular flexibility index (Phi) is 3.82. The molecular formula is C15H10Br2N2O2. The van der Waals surface area contributed by atoms with Crippen LogP contribution in [0.2, 0.25) is 0 Å². The largest absolute Gasteiger partial charge is 0.323 e. The van der Waals surface area contributed by atoms with E-state index >= 15 is 0 Å². The number of ketones is 1. The third-order valence-corrected chi connectivity index (χ3v) is 4.31. The quantitative estimate of drug-likeness (QED) is 0.646. The summed E-state index contributed by atoms with van der Waals surface area (Å²) in [5.41, 5.74) is 2.50. The first-order chi connectivity index (χ1) is 10.0. The van der Waals surface area contributed by atoms with Crippen molar-refractivity contribution in [3.05, 3.63) is 67.0 Å². The average Bonchev–Trinajstić information content (AvgIpc) is 2.76. The Bertz CT molecular complexity index is 896. The number of fused-ring (bicyclic) bond motifs is 1. The van der Waals surface area contributed by atoms with E-state index in [0.29, 0.717) is 27.5 Å². The number of nitrogens with one attached hydrogen (secondary N) is 2. The summed E-state index contributed by atoms with van der Waals surface area (Å²) < 4.78 is 1.61. The lowest BCUT2D eigenvalue weighted by Gasteiger charge is -2.05. The molecule has 21 heavy (non-hydrogen) atoms. The van der Waals surface area contributed by atoms with Gasteiger partial charge in [-0.3, -0.25) is 4.79 Å². The molecule has 0 atom stereocenters. The van der Waals surface area contributed by atoms with E-state index in [9.17, 15) is 9.59 Å². The van der Waals surface area contributed by atoms with E-state index in [4.69, 9.17) is 0 Å². The van der Waals surface area contributed by atoms with Gasteiger partial charge in [0.25, 0.3) is 0 Å². The minimum Gasteiger partial charge on any atom is -0.306 e. The lowest BCUT2D eigenvalue weighted by atomic mass is 10.0. The number of halogens is 2. The van der Waals surface area contributed by atoms with Gasteiger partial charge >= 0.3 is 5.69 Å². The number of benzene rings is 2. The predicted octanol–water partition coefficient (Wildman–Crippen LogP) is 3.81. The molecule has 0 saturated carbocycles. The van der Waals surface area contributed by atoms with E-state index in [1.54, 1.807) is 12.1 Å². The molecule has 0 aliphatic heterocycles. The molecule has 1 heterocycles. The average molecular weight is 410 g/mol. The van der Waals surface area contributed by atoms with Crippen molar-refractivity contribution in [3.63, 3.8) is 0 Å². The van der Waals surface area contributed by atoms with Crippen LogP contribution in [-0.2, 0) is 6.42 Å². The van der Waals surface area contributed by atoms with Crippen LogP contribution in [-0.4, -0.2) is 15.8 Å². The minimum absolute atomic E-state index is 0.0103. The molecule has 0 radical (unpaired) electrons. The second-order valence-corrected chi connectivity index (χ2v) is 6.46. The van der Waals surface area contributed by atoms with Crippen molar-refractivity contribution >= 4 is 48.7 Å². The second kappa shape index (κ2) is 5.61. The van der Waals surface area contributed by atoms with Crippen LogP contribution in [0.4, 0.5) is 0 Å². The van der Waals surface area contributed by atoms with Crippen LogP contribution in [0.25, 0.3) is 11.0 Å². The van der Waals surface area contributed by atoms with Gasteiger partial charge in [0, 0.05) is 20.9 Å². The fourth-order valence-corrected chi connectivity index (χ4v) is 3.21. The van der Waals surface area contributed by atoms with Gasteiger partial charge in [0.15, 0.2) is 5.78 Å². The zero-order valence-electron chi connectivity index (χ0n) is 10.7. The standard InChI is InChI=1S/C15H10Br2N2O2/c16-9-3-1-2-8(4-9)5-14(20)10-6-12-13(7-11(10)17)19-15(21)18-12/h1-4,6-7H,5H2,(H2,18,19,21). The van der Waals surface area contributed by atoms with Crippen molar-refractivity contribution in [2.45, 2.75) is 6.42 Å². The zero-order valence-corrected chi connectivity index (χ0v) is 13.9. The molecule has 2 aromatic carbocycles. The predicted molar refractivity (Wildman–Crippen MR) is 88.8 cm³/mol. The van der Waals surface area contributed by atoms with Crippen LogP contribution in [0.1, 0.15) is 15.9 Å². The minimum atomic E-state index is -0.284. The molecule has 0 spiro atoms. The number of hydrogen-bond acceptors (Lipinski definition) is 2. The molecule has 0 fully saturated rings. The third kappa shape index (κ3) is 3.01. The van der Waals surface area contributed by atoms with Crippen molar-refractivity contribution in [2.75, 3.05) is 0 Å². The van der Waals surface area contributed by atoms with Crippen molar-refractivity contribution in [3.8, 4) is 0 Å². The Hall–Kier alpha value is -1.66. The number of imidazole rings is 1. The Balaban J connectivity index is 1.97. The molecule has 0 bridgehead atoms. The number of hydrogen-bond donors (Lipinski definition) is 2. The summed E-state index contributed by atoms with van der Waals surface area (Å²) in [5.74, 6) is -0.0103. The van der Waals surface area contributed by atoms with Gasteiger partial charge in [0.2, 0.25) is 0 Å². The van der Waals surface area contributed by atoms with Crippen LogP contribution < -0.4 is 5.69 Å². The number of carbonyl (C=O) groups is 1. The fraction of sp³-hybridized carbons (Fsp3) is 0.0667. The second-order valence-electron chi connectivity index (χ2n) is 4.69. The molecule has 0 unspecified atom stereocenters. The molecule has 0 aliphatic carbocycles. The van der Waals surface area contributed by atoms with Crippen molar-refractivity contribution in [2.24, 2.45) is 0 Å². The van der Waals surface area contributed by atoms with Gasteiger partial charge in [-0.2, -0.15) is 0 Å². The number of H-pyrrole nitrogens is 2. The topological polar surface area (TPSA) is 65.7 Å². The molecule has 2 N–H and O–H groups in total. The molecule has 0 saturated heterocycles. The number of carbonyl (C=O) groups excluding carboxylic acids is 1.